The number of aliphatic carboxylic acids is 1. The molecule has 3 N–H and O–H groups in total. The van der Waals surface area contributed by atoms with E-state index >= 15 is 0 Å². The van der Waals surface area contributed by atoms with Crippen molar-refractivity contribution in [3.63, 3.8) is 0 Å². The van der Waals surface area contributed by atoms with Crippen LogP contribution in [0.5, 0.6) is 5.75 Å². The molecule has 0 saturated carbocycles. The summed E-state index contributed by atoms with van der Waals surface area (Å²) < 4.78 is 5.12. The van der Waals surface area contributed by atoms with Gasteiger partial charge in [-0.3, -0.25) is 9.59 Å². The molecule has 0 bridgehead atoms. The quantitative estimate of drug-likeness (QED) is 0.763. The van der Waals surface area contributed by atoms with Crippen molar-refractivity contribution >= 4 is 23.3 Å². The highest BCUT2D eigenvalue weighted by Gasteiger charge is 2.26. The molecule has 26 heavy (non-hydrogen) atoms. The van der Waals surface area contributed by atoms with Crippen LogP contribution in [-0.4, -0.2) is 34.4 Å². The highest BCUT2D eigenvalue weighted by atomic mass is 16.5. The molecule has 0 aliphatic heterocycles. The van der Waals surface area contributed by atoms with E-state index in [9.17, 15) is 14.4 Å². The molecule has 1 amide bonds. The first kappa shape index (κ1) is 17.7. The van der Waals surface area contributed by atoms with Gasteiger partial charge in [-0.25, -0.2) is 4.79 Å². The number of carbonyl (C=O) groups is 3. The van der Waals surface area contributed by atoms with Gasteiger partial charge >= 0.3 is 5.97 Å². The summed E-state index contributed by atoms with van der Waals surface area (Å²) in [7, 11) is 0. The highest BCUT2D eigenvalue weighted by molar-refractivity contribution is 6.08. The Labute approximate surface area is 150 Å². The maximum Gasteiger partial charge on any atom is 0.341 e. The van der Waals surface area contributed by atoms with E-state index < -0.39 is 12.6 Å². The number of anilines is 1. The number of hydrogen-bond acceptors (Lipinski definition) is 4. The minimum Gasteiger partial charge on any atom is -0.482 e. The molecule has 1 aromatic heterocycles. The number of fused-ring (bicyclic) bond motifs is 1. The summed E-state index contributed by atoms with van der Waals surface area (Å²) in [6.07, 6.45) is 2.08. The molecule has 1 aliphatic rings. The topological polar surface area (TPSA) is 108 Å². The third kappa shape index (κ3) is 3.46. The average molecular weight is 356 g/mol. The van der Waals surface area contributed by atoms with E-state index in [1.165, 1.54) is 0 Å². The molecule has 0 atom stereocenters. The van der Waals surface area contributed by atoms with Gasteiger partial charge in [-0.15, -0.1) is 0 Å². The number of carboxylic acid groups (broad SMARTS) is 1. The highest BCUT2D eigenvalue weighted by Crippen LogP contribution is 2.28. The van der Waals surface area contributed by atoms with Crippen LogP contribution in [-0.2, 0) is 11.2 Å². The predicted octanol–water partition coefficient (Wildman–Crippen LogP) is 2.87. The Bertz CT molecular complexity index is 898. The van der Waals surface area contributed by atoms with Gasteiger partial charge in [-0.2, -0.15) is 0 Å². The summed E-state index contributed by atoms with van der Waals surface area (Å²) in [6, 6.07) is 4.92. The number of aryl methyl sites for hydroxylation is 2. The van der Waals surface area contributed by atoms with Crippen LogP contribution in [0.4, 0.5) is 5.69 Å². The molecule has 0 fully saturated rings. The van der Waals surface area contributed by atoms with Crippen LogP contribution >= 0.6 is 0 Å². The Morgan fingerprint density at radius 2 is 2.04 bits per heavy atom. The number of aromatic amines is 1. The largest absolute Gasteiger partial charge is 0.482 e. The van der Waals surface area contributed by atoms with Gasteiger partial charge in [-0.05, 0) is 56.0 Å². The lowest BCUT2D eigenvalue weighted by Gasteiger charge is -2.10. The zero-order valence-corrected chi connectivity index (χ0v) is 14.6. The van der Waals surface area contributed by atoms with Crippen molar-refractivity contribution in [2.75, 3.05) is 11.9 Å². The van der Waals surface area contributed by atoms with Gasteiger partial charge in [0.2, 0.25) is 0 Å². The third-order valence-electron chi connectivity index (χ3n) is 4.47. The zero-order valence-electron chi connectivity index (χ0n) is 14.6. The Morgan fingerprint density at radius 1 is 1.27 bits per heavy atom. The first-order valence-corrected chi connectivity index (χ1v) is 8.38. The van der Waals surface area contributed by atoms with Gasteiger partial charge in [0.05, 0.1) is 0 Å². The molecule has 3 rings (SSSR count). The Morgan fingerprint density at radius 3 is 2.69 bits per heavy atom. The van der Waals surface area contributed by atoms with Crippen molar-refractivity contribution in [1.29, 1.82) is 0 Å². The SMILES string of the molecule is Cc1cc(OCC(=O)O)ccc1NC(=O)c1[nH]c2c(c1C)C(=O)CCC2. The Hall–Kier alpha value is -3.09. The lowest BCUT2D eigenvalue weighted by molar-refractivity contribution is -0.139. The molecule has 7 heteroatoms. The number of Topliss-reactive ketones (excluding diaryl/α,β-unsaturated/α-hetero) is 1. The number of H-pyrrole nitrogens is 1. The number of carboxylic acids is 1. The van der Waals surface area contributed by atoms with Gasteiger partial charge < -0.3 is 20.1 Å². The summed E-state index contributed by atoms with van der Waals surface area (Å²) in [5, 5.41) is 11.5. The van der Waals surface area contributed by atoms with E-state index in [-0.39, 0.29) is 11.7 Å². The van der Waals surface area contributed by atoms with Crippen molar-refractivity contribution in [1.82, 2.24) is 4.98 Å². The van der Waals surface area contributed by atoms with Crippen molar-refractivity contribution < 1.29 is 24.2 Å². The Kier molecular flexibility index (Phi) is 4.79. The van der Waals surface area contributed by atoms with Crippen LogP contribution in [0.2, 0.25) is 0 Å². The molecule has 2 aromatic rings. The zero-order chi connectivity index (χ0) is 18.8. The second kappa shape index (κ2) is 7.03. The lowest BCUT2D eigenvalue weighted by atomic mass is 9.94. The fraction of sp³-hybridized carbons (Fsp3) is 0.316. The van der Waals surface area contributed by atoms with Crippen LogP contribution in [0.15, 0.2) is 18.2 Å². The van der Waals surface area contributed by atoms with E-state index in [1.54, 1.807) is 32.0 Å². The first-order chi connectivity index (χ1) is 12.4. The second-order valence-corrected chi connectivity index (χ2v) is 6.37. The number of ether oxygens (including phenoxy) is 1. The van der Waals surface area contributed by atoms with Crippen LogP contribution in [0, 0.1) is 13.8 Å². The van der Waals surface area contributed by atoms with Gasteiger partial charge in [0.25, 0.3) is 5.91 Å². The standard InChI is InChI=1S/C19H20N2O5/c1-10-8-12(26-9-16(23)24)6-7-13(10)21-19(25)18-11(2)17-14(20-18)4-3-5-15(17)22/h6-8,20H,3-5,9H2,1-2H3,(H,21,25)(H,23,24). The van der Waals surface area contributed by atoms with E-state index in [1.807, 2.05) is 0 Å². The minimum absolute atomic E-state index is 0.0789. The molecule has 7 nitrogen and oxygen atoms in total. The molecule has 136 valence electrons. The molecule has 0 saturated heterocycles. The lowest BCUT2D eigenvalue weighted by Crippen LogP contribution is -2.15. The minimum atomic E-state index is -1.05. The van der Waals surface area contributed by atoms with Gasteiger partial charge in [0.1, 0.15) is 11.4 Å². The number of aromatic nitrogens is 1. The number of amides is 1. The van der Waals surface area contributed by atoms with Gasteiger partial charge in [-0.1, -0.05) is 0 Å². The van der Waals surface area contributed by atoms with Crippen molar-refractivity contribution in [2.45, 2.75) is 33.1 Å². The number of nitrogens with one attached hydrogen (secondary N) is 2. The summed E-state index contributed by atoms with van der Waals surface area (Å²) >= 11 is 0. The van der Waals surface area contributed by atoms with Crippen LogP contribution in [0.25, 0.3) is 0 Å². The van der Waals surface area contributed by atoms with E-state index in [4.69, 9.17) is 9.84 Å². The van der Waals surface area contributed by atoms with Crippen molar-refractivity contribution in [3.05, 3.63) is 46.3 Å². The summed E-state index contributed by atoms with van der Waals surface area (Å²) in [5.41, 5.74) is 3.90. The summed E-state index contributed by atoms with van der Waals surface area (Å²) in [5.74, 6) is -0.872. The first-order valence-electron chi connectivity index (χ1n) is 8.38. The maximum atomic E-state index is 12.6. The molecule has 1 aromatic carbocycles. The van der Waals surface area contributed by atoms with E-state index in [0.29, 0.717) is 34.7 Å². The van der Waals surface area contributed by atoms with Crippen molar-refractivity contribution in [3.8, 4) is 5.75 Å². The fourth-order valence-corrected chi connectivity index (χ4v) is 3.20. The maximum absolute atomic E-state index is 12.6. The van der Waals surface area contributed by atoms with Crippen LogP contribution < -0.4 is 10.1 Å². The number of benzene rings is 1. The normalized spacial score (nSPS) is 13.2. The molecule has 1 aliphatic carbocycles. The fourth-order valence-electron chi connectivity index (χ4n) is 3.20. The van der Waals surface area contributed by atoms with Gasteiger partial charge in [0, 0.05) is 23.4 Å². The average Bonchev–Trinajstić information content (AvgIpc) is 2.93. The number of ketones is 1. The van der Waals surface area contributed by atoms with E-state index in [2.05, 4.69) is 10.3 Å². The van der Waals surface area contributed by atoms with Gasteiger partial charge in [0.15, 0.2) is 12.4 Å². The Balaban J connectivity index is 1.78. The van der Waals surface area contributed by atoms with E-state index in [0.717, 1.165) is 24.1 Å². The number of hydrogen-bond donors (Lipinski definition) is 3. The third-order valence-corrected chi connectivity index (χ3v) is 4.47. The summed E-state index contributed by atoms with van der Waals surface area (Å²) in [4.78, 5) is 38.4. The molecule has 0 spiro atoms. The molecule has 0 radical (unpaired) electrons. The van der Waals surface area contributed by atoms with Crippen LogP contribution in [0.3, 0.4) is 0 Å². The number of rotatable bonds is 5. The molecule has 0 unspecified atom stereocenters. The predicted molar refractivity (Wildman–Crippen MR) is 95.1 cm³/mol. The molecular weight excluding hydrogens is 336 g/mol. The monoisotopic (exact) mass is 356 g/mol. The second-order valence-electron chi connectivity index (χ2n) is 6.37. The van der Waals surface area contributed by atoms with Crippen LogP contribution in [0.1, 0.15) is 50.5 Å². The number of carbonyl (C=O) groups excluding carboxylic acids is 2. The molecule has 1 heterocycles. The smallest absolute Gasteiger partial charge is 0.341 e. The summed E-state index contributed by atoms with van der Waals surface area (Å²) in [6.45, 7) is 3.15. The molecular formula is C19H20N2O5. The van der Waals surface area contributed by atoms with Crippen molar-refractivity contribution in [2.24, 2.45) is 0 Å².